The van der Waals surface area contributed by atoms with Gasteiger partial charge in [0.25, 0.3) is 5.91 Å². The molecule has 1 heterocycles. The summed E-state index contributed by atoms with van der Waals surface area (Å²) in [7, 11) is 0. The molecular weight excluding hydrogens is 266 g/mol. The molecule has 3 unspecified atom stereocenters. The fourth-order valence-corrected chi connectivity index (χ4v) is 3.33. The van der Waals surface area contributed by atoms with Gasteiger partial charge in [0.15, 0.2) is 5.82 Å². The number of hydrogen-bond donors (Lipinski definition) is 2. The molecule has 1 saturated carbocycles. The van der Waals surface area contributed by atoms with E-state index >= 15 is 0 Å². The Labute approximate surface area is 115 Å². The molecule has 0 radical (unpaired) electrons. The predicted molar refractivity (Wildman–Crippen MR) is 68.9 cm³/mol. The topological polar surface area (TPSA) is 66.6 Å². The van der Waals surface area contributed by atoms with Gasteiger partial charge in [-0.1, -0.05) is 0 Å². The van der Waals surface area contributed by atoms with E-state index in [1.807, 2.05) is 0 Å². The third-order valence-electron chi connectivity index (χ3n) is 4.44. The molecule has 0 bridgehead atoms. The van der Waals surface area contributed by atoms with E-state index in [9.17, 15) is 18.7 Å². The number of anilines is 1. The molecule has 1 amide bonds. The molecule has 0 aromatic heterocycles. The van der Waals surface area contributed by atoms with Crippen LogP contribution >= 0.6 is 0 Å². The number of nitrogen functional groups attached to an aromatic ring is 1. The standard InChI is InChI=1S/C14H16F2N2O2/c15-9-2-3-10(17)13(16)12(9)14(20)18-5-7-1-4-11(19)8(7)6-18/h2-3,7-8,11,19H,1,4-6,17H2. The smallest absolute Gasteiger partial charge is 0.259 e. The van der Waals surface area contributed by atoms with Crippen molar-refractivity contribution >= 4 is 11.6 Å². The molecule has 3 atom stereocenters. The Balaban J connectivity index is 1.86. The molecule has 3 N–H and O–H groups in total. The Kier molecular flexibility index (Phi) is 3.12. The van der Waals surface area contributed by atoms with Crippen molar-refractivity contribution in [1.82, 2.24) is 4.90 Å². The summed E-state index contributed by atoms with van der Waals surface area (Å²) in [6, 6.07) is 2.10. The number of aliphatic hydroxyl groups excluding tert-OH is 1. The number of rotatable bonds is 1. The van der Waals surface area contributed by atoms with Crippen LogP contribution in [0.25, 0.3) is 0 Å². The van der Waals surface area contributed by atoms with Crippen LogP contribution in [0.1, 0.15) is 23.2 Å². The molecule has 4 nitrogen and oxygen atoms in total. The number of aliphatic hydroxyl groups is 1. The third kappa shape index (κ3) is 1.95. The molecule has 6 heteroatoms. The number of hydrogen-bond acceptors (Lipinski definition) is 3. The van der Waals surface area contributed by atoms with E-state index in [0.29, 0.717) is 13.1 Å². The van der Waals surface area contributed by atoms with Crippen molar-refractivity contribution in [2.45, 2.75) is 18.9 Å². The summed E-state index contributed by atoms with van der Waals surface area (Å²) in [6.45, 7) is 0.784. The first kappa shape index (κ1) is 13.3. The van der Waals surface area contributed by atoms with E-state index in [1.165, 1.54) is 4.90 Å². The van der Waals surface area contributed by atoms with Gasteiger partial charge in [-0.05, 0) is 30.9 Å². The molecule has 1 aliphatic heterocycles. The molecule has 1 saturated heterocycles. The lowest BCUT2D eigenvalue weighted by molar-refractivity contribution is 0.0743. The summed E-state index contributed by atoms with van der Waals surface area (Å²) in [5.74, 6) is -2.35. The lowest BCUT2D eigenvalue weighted by Crippen LogP contribution is -2.32. The number of likely N-dealkylation sites (tertiary alicyclic amines) is 1. The number of carbonyl (C=O) groups is 1. The van der Waals surface area contributed by atoms with Gasteiger partial charge >= 0.3 is 0 Å². The minimum atomic E-state index is -1.01. The van der Waals surface area contributed by atoms with Crippen molar-refractivity contribution in [1.29, 1.82) is 0 Å². The van der Waals surface area contributed by atoms with Crippen LogP contribution in [0.15, 0.2) is 12.1 Å². The van der Waals surface area contributed by atoms with Crippen LogP contribution in [-0.2, 0) is 0 Å². The number of benzene rings is 1. The number of halogens is 2. The number of nitrogens with zero attached hydrogens (tertiary/aromatic N) is 1. The number of carbonyl (C=O) groups excluding carboxylic acids is 1. The average Bonchev–Trinajstić information content (AvgIpc) is 2.97. The second-order valence-corrected chi connectivity index (χ2v) is 5.60. The summed E-state index contributed by atoms with van der Waals surface area (Å²) < 4.78 is 27.6. The lowest BCUT2D eigenvalue weighted by atomic mass is 10.00. The SMILES string of the molecule is Nc1ccc(F)c(C(=O)N2CC3CCC(O)C3C2)c1F. The highest BCUT2D eigenvalue weighted by Crippen LogP contribution is 2.38. The van der Waals surface area contributed by atoms with Crippen molar-refractivity contribution in [3.05, 3.63) is 29.3 Å². The van der Waals surface area contributed by atoms with Gasteiger partial charge < -0.3 is 15.7 Å². The van der Waals surface area contributed by atoms with Crippen LogP contribution in [0.4, 0.5) is 14.5 Å². The monoisotopic (exact) mass is 282 g/mol. The maximum absolute atomic E-state index is 13.9. The van der Waals surface area contributed by atoms with Gasteiger partial charge in [-0.15, -0.1) is 0 Å². The van der Waals surface area contributed by atoms with E-state index in [-0.39, 0.29) is 17.5 Å². The molecular formula is C14H16F2N2O2. The molecule has 1 aromatic rings. The summed E-state index contributed by atoms with van der Waals surface area (Å²) in [5.41, 5.74) is 4.55. The van der Waals surface area contributed by atoms with Crippen LogP contribution in [-0.4, -0.2) is 35.1 Å². The lowest BCUT2D eigenvalue weighted by Gasteiger charge is -2.19. The van der Waals surface area contributed by atoms with Gasteiger partial charge in [-0.25, -0.2) is 8.78 Å². The molecule has 2 fully saturated rings. The predicted octanol–water partition coefficient (Wildman–Crippen LogP) is 1.39. The first-order valence-corrected chi connectivity index (χ1v) is 6.70. The van der Waals surface area contributed by atoms with E-state index in [1.54, 1.807) is 0 Å². The van der Waals surface area contributed by atoms with Crippen molar-refractivity contribution in [2.75, 3.05) is 18.8 Å². The highest BCUT2D eigenvalue weighted by molar-refractivity contribution is 5.96. The van der Waals surface area contributed by atoms with E-state index in [4.69, 9.17) is 5.73 Å². The summed E-state index contributed by atoms with van der Waals surface area (Å²) in [4.78, 5) is 13.7. The van der Waals surface area contributed by atoms with Crippen molar-refractivity contribution < 1.29 is 18.7 Å². The minimum absolute atomic E-state index is 0.0196. The van der Waals surface area contributed by atoms with Crippen LogP contribution in [0.2, 0.25) is 0 Å². The van der Waals surface area contributed by atoms with Gasteiger partial charge in [-0.3, -0.25) is 4.79 Å². The zero-order valence-electron chi connectivity index (χ0n) is 10.9. The zero-order chi connectivity index (χ0) is 14.4. The number of nitrogens with two attached hydrogens (primary N) is 1. The third-order valence-corrected chi connectivity index (χ3v) is 4.44. The average molecular weight is 282 g/mol. The first-order chi connectivity index (χ1) is 9.49. The second-order valence-electron chi connectivity index (χ2n) is 5.60. The quantitative estimate of drug-likeness (QED) is 0.765. The molecule has 0 spiro atoms. The summed E-state index contributed by atoms with van der Waals surface area (Å²) in [6.07, 6.45) is 1.16. The van der Waals surface area contributed by atoms with Crippen molar-refractivity contribution in [3.63, 3.8) is 0 Å². The maximum Gasteiger partial charge on any atom is 0.259 e. The molecule has 20 heavy (non-hydrogen) atoms. The molecule has 2 aliphatic rings. The fourth-order valence-electron chi connectivity index (χ4n) is 3.33. The Morgan fingerprint density at radius 3 is 2.75 bits per heavy atom. The number of fused-ring (bicyclic) bond motifs is 1. The molecule has 3 rings (SSSR count). The minimum Gasteiger partial charge on any atom is -0.396 e. The Morgan fingerprint density at radius 2 is 2.05 bits per heavy atom. The van der Waals surface area contributed by atoms with Crippen LogP contribution < -0.4 is 5.73 Å². The van der Waals surface area contributed by atoms with Crippen molar-refractivity contribution in [3.8, 4) is 0 Å². The zero-order valence-corrected chi connectivity index (χ0v) is 10.9. The fraction of sp³-hybridized carbons (Fsp3) is 0.500. The Morgan fingerprint density at radius 1 is 1.30 bits per heavy atom. The highest BCUT2D eigenvalue weighted by atomic mass is 19.1. The van der Waals surface area contributed by atoms with Gasteiger partial charge in [0.05, 0.1) is 11.8 Å². The molecule has 1 aliphatic carbocycles. The maximum atomic E-state index is 13.9. The first-order valence-electron chi connectivity index (χ1n) is 6.70. The van der Waals surface area contributed by atoms with E-state index in [2.05, 4.69) is 0 Å². The van der Waals surface area contributed by atoms with Crippen molar-refractivity contribution in [2.24, 2.45) is 11.8 Å². The van der Waals surface area contributed by atoms with E-state index in [0.717, 1.165) is 25.0 Å². The highest BCUT2D eigenvalue weighted by Gasteiger charge is 2.44. The molecule has 1 aromatic carbocycles. The van der Waals surface area contributed by atoms with Gasteiger partial charge in [0.1, 0.15) is 11.4 Å². The van der Waals surface area contributed by atoms with Crippen LogP contribution in [0, 0.1) is 23.5 Å². The largest absolute Gasteiger partial charge is 0.396 e. The Hall–Kier alpha value is -1.69. The van der Waals surface area contributed by atoms with Gasteiger partial charge in [-0.2, -0.15) is 0 Å². The van der Waals surface area contributed by atoms with E-state index < -0.39 is 29.2 Å². The Bertz CT molecular complexity index is 564. The normalized spacial score (nSPS) is 28.8. The van der Waals surface area contributed by atoms with Gasteiger partial charge in [0.2, 0.25) is 0 Å². The number of amides is 1. The summed E-state index contributed by atoms with van der Waals surface area (Å²) >= 11 is 0. The molecule has 108 valence electrons. The summed E-state index contributed by atoms with van der Waals surface area (Å²) in [5, 5.41) is 9.82. The van der Waals surface area contributed by atoms with Crippen LogP contribution in [0.5, 0.6) is 0 Å². The van der Waals surface area contributed by atoms with Gasteiger partial charge in [0, 0.05) is 19.0 Å². The second kappa shape index (κ2) is 4.70. The van der Waals surface area contributed by atoms with Crippen LogP contribution in [0.3, 0.4) is 0 Å².